The summed E-state index contributed by atoms with van der Waals surface area (Å²) in [5.74, 6) is -8.10. The van der Waals surface area contributed by atoms with Crippen LogP contribution in [0.25, 0.3) is 6.08 Å². The van der Waals surface area contributed by atoms with E-state index in [4.69, 9.17) is 23.2 Å². The Balaban J connectivity index is 2.18. The number of nitrogens with one attached hydrogen (secondary N) is 1. The van der Waals surface area contributed by atoms with Crippen molar-refractivity contribution in [2.75, 3.05) is 11.5 Å². The highest BCUT2D eigenvalue weighted by atomic mass is 79.9. The molecule has 0 saturated heterocycles. The number of hydrogen-bond donors (Lipinski definition) is 1. The van der Waals surface area contributed by atoms with E-state index < -0.39 is 51.3 Å². The van der Waals surface area contributed by atoms with Crippen LogP contribution < -0.4 is 5.32 Å². The predicted octanol–water partition coefficient (Wildman–Crippen LogP) is 7.30. The lowest BCUT2D eigenvalue weighted by molar-refractivity contribution is -0.106. The van der Waals surface area contributed by atoms with Crippen molar-refractivity contribution < 1.29 is 35.2 Å². The number of rotatable bonds is 9. The van der Waals surface area contributed by atoms with Crippen molar-refractivity contribution in [2.24, 2.45) is 0 Å². The molecule has 0 fully saturated rings. The molecule has 2 aromatic rings. The molecule has 2 aromatic carbocycles. The first-order valence-corrected chi connectivity index (χ1v) is 13.6. The van der Waals surface area contributed by atoms with Gasteiger partial charge in [0.1, 0.15) is 5.75 Å². The summed E-state index contributed by atoms with van der Waals surface area (Å²) in [6.45, 7) is 2.03. The van der Waals surface area contributed by atoms with Crippen molar-refractivity contribution in [3.63, 3.8) is 0 Å². The van der Waals surface area contributed by atoms with Gasteiger partial charge in [-0.15, -0.1) is 0 Å². The monoisotopic (exact) mass is 635 g/mol. The average Bonchev–Trinajstić information content (AvgIpc) is 2.63. The lowest BCUT2D eigenvalue weighted by atomic mass is 9.92. The average molecular weight is 637 g/mol. The molecular weight excluding hydrogens is 616 g/mol. The molecule has 0 radical (unpaired) electrons. The van der Waals surface area contributed by atoms with E-state index in [1.54, 1.807) is 0 Å². The molecule has 0 saturated carbocycles. The minimum Gasteiger partial charge on any atom is -0.349 e. The number of alkyl halides is 5. The Morgan fingerprint density at radius 1 is 1.08 bits per heavy atom. The van der Waals surface area contributed by atoms with Crippen molar-refractivity contribution in [1.29, 1.82) is 0 Å². The maximum Gasteiger partial charge on any atom is 0.402 e. The largest absolute Gasteiger partial charge is 0.402 e. The molecule has 198 valence electrons. The molecule has 0 aliphatic carbocycles. The predicted molar refractivity (Wildman–Crippen MR) is 135 cm³/mol. The van der Waals surface area contributed by atoms with Gasteiger partial charge in [-0.1, -0.05) is 41.4 Å². The number of allylic oxidation sites excluding steroid dienone is 1. The molecule has 1 unspecified atom stereocenters. The number of amides is 1. The highest BCUT2D eigenvalue weighted by Gasteiger charge is 2.36. The fraction of sp³-hybridized carbons (Fsp3) is 0.348. The quantitative estimate of drug-likeness (QED) is 0.294. The van der Waals surface area contributed by atoms with E-state index in [-0.39, 0.29) is 25.6 Å². The SMILES string of the molecule is C[C@H](CS(=O)(=O)CC(F)(F)F)NC(=O)c1ccc(/C=C/C(c2cc(Cl)cc(Cl)c2)C(C)(F)F)cc1Br. The van der Waals surface area contributed by atoms with Crippen LogP contribution in [0, 0.1) is 0 Å². The minimum absolute atomic E-state index is 0.0752. The smallest absolute Gasteiger partial charge is 0.349 e. The summed E-state index contributed by atoms with van der Waals surface area (Å²) in [7, 11) is -4.48. The molecule has 0 spiro atoms. The second kappa shape index (κ2) is 11.8. The van der Waals surface area contributed by atoms with Gasteiger partial charge in [0.15, 0.2) is 9.84 Å². The zero-order valence-corrected chi connectivity index (χ0v) is 22.8. The van der Waals surface area contributed by atoms with Crippen LogP contribution in [0.3, 0.4) is 0 Å². The summed E-state index contributed by atoms with van der Waals surface area (Å²) >= 11 is 15.1. The first kappa shape index (κ1) is 30.5. The van der Waals surface area contributed by atoms with E-state index in [2.05, 4.69) is 21.2 Å². The Morgan fingerprint density at radius 2 is 1.67 bits per heavy atom. The number of sulfone groups is 1. The molecule has 4 nitrogen and oxygen atoms in total. The maximum atomic E-state index is 14.3. The van der Waals surface area contributed by atoms with Gasteiger partial charge in [0, 0.05) is 27.5 Å². The number of halogens is 8. The van der Waals surface area contributed by atoms with E-state index in [1.807, 2.05) is 0 Å². The molecular formula is C23H21BrCl2F5NO3S. The van der Waals surface area contributed by atoms with Gasteiger partial charge < -0.3 is 5.32 Å². The second-order valence-electron chi connectivity index (χ2n) is 8.28. The van der Waals surface area contributed by atoms with Gasteiger partial charge in [-0.3, -0.25) is 4.79 Å². The third-order valence-electron chi connectivity index (χ3n) is 4.77. The van der Waals surface area contributed by atoms with Crippen LogP contribution in [-0.4, -0.2) is 44.0 Å². The van der Waals surface area contributed by atoms with Crippen LogP contribution in [0.4, 0.5) is 22.0 Å². The van der Waals surface area contributed by atoms with Gasteiger partial charge in [0.25, 0.3) is 11.8 Å². The Labute approximate surface area is 223 Å². The zero-order chi connectivity index (χ0) is 27.5. The van der Waals surface area contributed by atoms with E-state index in [1.165, 1.54) is 55.5 Å². The lowest BCUT2D eigenvalue weighted by Gasteiger charge is -2.21. The van der Waals surface area contributed by atoms with Gasteiger partial charge in [-0.05, 0) is 64.3 Å². The van der Waals surface area contributed by atoms with Crippen LogP contribution in [0.2, 0.25) is 10.0 Å². The van der Waals surface area contributed by atoms with Crippen LogP contribution >= 0.6 is 39.1 Å². The molecule has 0 heterocycles. The molecule has 0 bridgehead atoms. The molecule has 0 aliphatic heterocycles. The third kappa shape index (κ3) is 9.64. The fourth-order valence-electron chi connectivity index (χ4n) is 3.39. The summed E-state index contributed by atoms with van der Waals surface area (Å²) < 4.78 is 89.4. The van der Waals surface area contributed by atoms with Crippen molar-refractivity contribution >= 4 is 61.0 Å². The maximum absolute atomic E-state index is 14.3. The van der Waals surface area contributed by atoms with Crippen LogP contribution in [-0.2, 0) is 9.84 Å². The first-order valence-electron chi connectivity index (χ1n) is 10.3. The highest BCUT2D eigenvalue weighted by molar-refractivity contribution is 9.10. The second-order valence-corrected chi connectivity index (χ2v) is 12.1. The highest BCUT2D eigenvalue weighted by Crippen LogP contribution is 2.37. The van der Waals surface area contributed by atoms with Gasteiger partial charge in [-0.2, -0.15) is 13.2 Å². The topological polar surface area (TPSA) is 63.2 Å². The van der Waals surface area contributed by atoms with Gasteiger partial charge in [0.05, 0.1) is 17.2 Å². The van der Waals surface area contributed by atoms with E-state index in [0.717, 1.165) is 6.92 Å². The normalized spacial score (nSPS) is 14.6. The van der Waals surface area contributed by atoms with Crippen molar-refractivity contribution in [1.82, 2.24) is 5.32 Å². The molecule has 0 aliphatic rings. The molecule has 1 amide bonds. The number of hydrogen-bond acceptors (Lipinski definition) is 3. The minimum atomic E-state index is -4.88. The van der Waals surface area contributed by atoms with Gasteiger partial charge in [0.2, 0.25) is 0 Å². The number of carbonyl (C=O) groups is 1. The lowest BCUT2D eigenvalue weighted by Crippen LogP contribution is -2.39. The Morgan fingerprint density at radius 3 is 2.17 bits per heavy atom. The number of benzene rings is 2. The van der Waals surface area contributed by atoms with Crippen LogP contribution in [0.15, 0.2) is 46.9 Å². The van der Waals surface area contributed by atoms with E-state index >= 15 is 0 Å². The van der Waals surface area contributed by atoms with Crippen LogP contribution in [0.5, 0.6) is 0 Å². The summed E-state index contributed by atoms with van der Waals surface area (Å²) in [5, 5.41) is 2.76. The zero-order valence-electron chi connectivity index (χ0n) is 18.8. The molecule has 2 rings (SSSR count). The number of carbonyl (C=O) groups excluding carboxylic acids is 1. The molecule has 1 N–H and O–H groups in total. The van der Waals surface area contributed by atoms with Crippen molar-refractivity contribution in [2.45, 2.75) is 37.9 Å². The van der Waals surface area contributed by atoms with Gasteiger partial charge in [-0.25, -0.2) is 17.2 Å². The fourth-order valence-corrected chi connectivity index (χ4v) is 5.97. The van der Waals surface area contributed by atoms with Crippen molar-refractivity contribution in [3.05, 3.63) is 73.7 Å². The Kier molecular flexibility index (Phi) is 10.00. The molecule has 0 aromatic heterocycles. The molecule has 36 heavy (non-hydrogen) atoms. The summed E-state index contributed by atoms with van der Waals surface area (Å²) in [4.78, 5) is 12.5. The van der Waals surface area contributed by atoms with E-state index in [0.29, 0.717) is 5.56 Å². The van der Waals surface area contributed by atoms with E-state index in [9.17, 15) is 35.2 Å². The van der Waals surface area contributed by atoms with Crippen LogP contribution in [0.1, 0.15) is 41.3 Å². The summed E-state index contributed by atoms with van der Waals surface area (Å²) in [6.07, 6.45) is -2.18. The summed E-state index contributed by atoms with van der Waals surface area (Å²) in [6, 6.07) is 7.43. The Bertz CT molecular complexity index is 1230. The molecule has 13 heteroatoms. The standard InChI is InChI=1S/C23H21BrCl2F5NO3S/c1-13(11-36(34,35)12-23(29,30)31)32-21(33)18-5-3-14(7-20(18)24)4-6-19(22(2,27)28)15-8-16(25)10-17(26)9-15/h3-10,13,19H,11-12H2,1-2H3,(H,32,33)/b6-4+/t13-,19?/m1/s1. The third-order valence-corrected chi connectivity index (χ3v) is 7.64. The first-order chi connectivity index (χ1) is 16.4. The summed E-state index contributed by atoms with van der Waals surface area (Å²) in [5.41, 5.74) is 0.744. The van der Waals surface area contributed by atoms with Crippen molar-refractivity contribution in [3.8, 4) is 0 Å². The van der Waals surface area contributed by atoms with Gasteiger partial charge >= 0.3 is 6.18 Å². The Hall–Kier alpha value is -1.69. The molecule has 2 atom stereocenters.